The summed E-state index contributed by atoms with van der Waals surface area (Å²) in [6, 6.07) is 16.3. The van der Waals surface area contributed by atoms with E-state index in [4.69, 9.17) is 9.47 Å². The van der Waals surface area contributed by atoms with Crippen molar-refractivity contribution in [3.8, 4) is 17.0 Å². The van der Waals surface area contributed by atoms with Crippen molar-refractivity contribution in [3.63, 3.8) is 0 Å². The highest BCUT2D eigenvalue weighted by Gasteiger charge is 2.22. The van der Waals surface area contributed by atoms with Crippen molar-refractivity contribution in [2.75, 3.05) is 13.7 Å². The van der Waals surface area contributed by atoms with Crippen LogP contribution in [0.1, 0.15) is 49.4 Å². The third-order valence-electron chi connectivity index (χ3n) is 5.72. The van der Waals surface area contributed by atoms with Crippen molar-refractivity contribution in [3.05, 3.63) is 82.7 Å². The maximum absolute atomic E-state index is 13.1. The summed E-state index contributed by atoms with van der Waals surface area (Å²) >= 11 is 0. The minimum Gasteiger partial charge on any atom is -0.497 e. The summed E-state index contributed by atoms with van der Waals surface area (Å²) in [4.78, 5) is 45.3. The molecule has 0 aliphatic rings. The van der Waals surface area contributed by atoms with Gasteiger partial charge in [-0.2, -0.15) is 0 Å². The number of hydrogen-bond acceptors (Lipinski definition) is 6. The Labute approximate surface area is 196 Å². The maximum Gasteiger partial charge on any atom is 0.339 e. The van der Waals surface area contributed by atoms with E-state index in [1.807, 2.05) is 42.5 Å². The molecule has 0 atom stereocenters. The first-order valence-corrected chi connectivity index (χ1v) is 10.7. The molecule has 0 unspecified atom stereocenters. The van der Waals surface area contributed by atoms with Crippen molar-refractivity contribution in [2.45, 2.75) is 20.8 Å². The van der Waals surface area contributed by atoms with Gasteiger partial charge in [-0.25, -0.2) is 9.78 Å². The summed E-state index contributed by atoms with van der Waals surface area (Å²) in [5, 5.41) is 0.628. The Balaban J connectivity index is 1.62. The van der Waals surface area contributed by atoms with Gasteiger partial charge < -0.3 is 14.5 Å². The van der Waals surface area contributed by atoms with E-state index in [1.54, 1.807) is 33.1 Å². The summed E-state index contributed by atoms with van der Waals surface area (Å²) in [6.07, 6.45) is 0. The van der Waals surface area contributed by atoms with Gasteiger partial charge in [-0.05, 0) is 62.7 Å². The second-order valence-electron chi connectivity index (χ2n) is 7.98. The lowest BCUT2D eigenvalue weighted by atomic mass is 10.0. The number of aryl methyl sites for hydroxylation is 1. The number of esters is 1. The lowest BCUT2D eigenvalue weighted by Gasteiger charge is -2.10. The molecule has 0 radical (unpaired) electrons. The van der Waals surface area contributed by atoms with Crippen LogP contribution < -0.4 is 4.74 Å². The van der Waals surface area contributed by atoms with Crippen molar-refractivity contribution in [1.29, 1.82) is 0 Å². The lowest BCUT2D eigenvalue weighted by Crippen LogP contribution is -2.16. The van der Waals surface area contributed by atoms with Crippen molar-refractivity contribution >= 4 is 28.4 Å². The number of carbonyl (C=O) groups excluding carboxylic acids is 3. The van der Waals surface area contributed by atoms with E-state index < -0.39 is 18.4 Å². The van der Waals surface area contributed by atoms with Crippen LogP contribution in [0.2, 0.25) is 0 Å². The molecule has 2 aromatic carbocycles. The topological polar surface area (TPSA) is 98.4 Å². The zero-order chi connectivity index (χ0) is 24.4. The summed E-state index contributed by atoms with van der Waals surface area (Å²) < 4.78 is 10.6. The van der Waals surface area contributed by atoms with Crippen LogP contribution in [-0.2, 0) is 4.74 Å². The van der Waals surface area contributed by atoms with Gasteiger partial charge in [0.2, 0.25) is 5.78 Å². The van der Waals surface area contributed by atoms with Gasteiger partial charge in [-0.3, -0.25) is 9.59 Å². The molecule has 0 saturated heterocycles. The molecule has 0 saturated carbocycles. The number of ketones is 2. The average molecular weight is 456 g/mol. The Morgan fingerprint density at radius 3 is 2.35 bits per heavy atom. The third kappa shape index (κ3) is 4.32. The fourth-order valence-electron chi connectivity index (χ4n) is 4.09. The fourth-order valence-corrected chi connectivity index (χ4v) is 4.09. The monoisotopic (exact) mass is 456 g/mol. The highest BCUT2D eigenvalue weighted by atomic mass is 16.5. The molecule has 1 N–H and O–H groups in total. The second-order valence-corrected chi connectivity index (χ2v) is 7.98. The fraction of sp³-hybridized carbons (Fsp3) is 0.185. The predicted octanol–water partition coefficient (Wildman–Crippen LogP) is 5.10. The number of methoxy groups -OCH3 is 1. The largest absolute Gasteiger partial charge is 0.497 e. The molecule has 4 aromatic rings. The van der Waals surface area contributed by atoms with Gasteiger partial charge in [-0.15, -0.1) is 0 Å². The second kappa shape index (κ2) is 9.31. The van der Waals surface area contributed by atoms with E-state index in [2.05, 4.69) is 9.97 Å². The molecule has 7 nitrogen and oxygen atoms in total. The van der Waals surface area contributed by atoms with Crippen LogP contribution in [0.4, 0.5) is 0 Å². The van der Waals surface area contributed by atoms with E-state index in [0.717, 1.165) is 5.56 Å². The van der Waals surface area contributed by atoms with Crippen LogP contribution in [-0.4, -0.2) is 41.2 Å². The molecular weight excluding hydrogens is 432 g/mol. The first-order chi connectivity index (χ1) is 16.3. The Kier molecular flexibility index (Phi) is 6.27. The van der Waals surface area contributed by atoms with Crippen molar-refractivity contribution in [1.82, 2.24) is 9.97 Å². The molecule has 0 fully saturated rings. The van der Waals surface area contributed by atoms with Crippen LogP contribution in [0.3, 0.4) is 0 Å². The van der Waals surface area contributed by atoms with E-state index >= 15 is 0 Å². The number of ether oxygens (including phenoxy) is 2. The van der Waals surface area contributed by atoms with Crippen LogP contribution >= 0.6 is 0 Å². The minimum atomic E-state index is -0.630. The lowest BCUT2D eigenvalue weighted by molar-refractivity contribution is 0.0475. The number of nitrogens with zero attached hydrogens (tertiary/aromatic N) is 1. The number of rotatable bonds is 7. The molecule has 4 rings (SSSR count). The SMILES string of the molecule is COc1ccc(-c2cc(C(=O)OCC(=O)c3[nH]c(C)c(C(C)=O)c3C)c3ccccc3n2)cc1. The van der Waals surface area contributed by atoms with E-state index in [0.29, 0.717) is 44.7 Å². The summed E-state index contributed by atoms with van der Waals surface area (Å²) in [5.41, 5.74) is 4.29. The molecule has 0 aliphatic heterocycles. The summed E-state index contributed by atoms with van der Waals surface area (Å²) in [5.74, 6) is -0.452. The molecule has 34 heavy (non-hydrogen) atoms. The standard InChI is InChI=1S/C27H24N2O5/c1-15-25(17(3)30)16(2)28-26(15)24(31)14-34-27(32)21-13-23(18-9-11-19(33-4)12-10-18)29-22-8-6-5-7-20(21)22/h5-13,28H,14H2,1-4H3. The van der Waals surface area contributed by atoms with Crippen LogP contribution in [0.15, 0.2) is 54.6 Å². The average Bonchev–Trinajstić information content (AvgIpc) is 3.15. The van der Waals surface area contributed by atoms with E-state index in [-0.39, 0.29) is 11.5 Å². The Morgan fingerprint density at radius 1 is 1.00 bits per heavy atom. The Morgan fingerprint density at radius 2 is 1.71 bits per heavy atom. The smallest absolute Gasteiger partial charge is 0.339 e. The molecule has 2 heterocycles. The zero-order valence-electron chi connectivity index (χ0n) is 19.4. The molecule has 0 bridgehead atoms. The van der Waals surface area contributed by atoms with Crippen LogP contribution in [0.25, 0.3) is 22.2 Å². The number of para-hydroxylation sites is 1. The number of H-pyrrole nitrogens is 1. The number of Topliss-reactive ketones (excluding diaryl/α,β-unsaturated/α-hetero) is 2. The third-order valence-corrected chi connectivity index (χ3v) is 5.72. The number of hydrogen-bond donors (Lipinski definition) is 1. The molecule has 2 aromatic heterocycles. The quantitative estimate of drug-likeness (QED) is 0.307. The maximum atomic E-state index is 13.1. The van der Waals surface area contributed by atoms with Crippen LogP contribution in [0.5, 0.6) is 5.75 Å². The first kappa shape index (κ1) is 22.9. The summed E-state index contributed by atoms with van der Waals surface area (Å²) in [6.45, 7) is 4.43. The van der Waals surface area contributed by atoms with E-state index in [1.165, 1.54) is 6.92 Å². The van der Waals surface area contributed by atoms with Gasteiger partial charge in [0.1, 0.15) is 5.75 Å². The predicted molar refractivity (Wildman–Crippen MR) is 129 cm³/mol. The van der Waals surface area contributed by atoms with E-state index in [9.17, 15) is 14.4 Å². The highest BCUT2D eigenvalue weighted by molar-refractivity contribution is 6.07. The number of fused-ring (bicyclic) bond motifs is 1. The number of benzene rings is 2. The van der Waals surface area contributed by atoms with Crippen molar-refractivity contribution in [2.24, 2.45) is 0 Å². The van der Waals surface area contributed by atoms with Gasteiger partial charge in [0.25, 0.3) is 0 Å². The first-order valence-electron chi connectivity index (χ1n) is 10.7. The number of pyridine rings is 1. The Hall–Kier alpha value is -4.26. The zero-order valence-corrected chi connectivity index (χ0v) is 19.4. The molecule has 7 heteroatoms. The van der Waals surface area contributed by atoms with Gasteiger partial charge in [0.15, 0.2) is 12.4 Å². The molecule has 0 spiro atoms. The number of nitrogens with one attached hydrogen (secondary N) is 1. The number of aromatic nitrogens is 2. The molecule has 0 amide bonds. The van der Waals surface area contributed by atoms with Gasteiger partial charge >= 0.3 is 5.97 Å². The molecule has 172 valence electrons. The highest BCUT2D eigenvalue weighted by Crippen LogP contribution is 2.27. The normalized spacial score (nSPS) is 10.8. The Bertz CT molecular complexity index is 1420. The van der Waals surface area contributed by atoms with Gasteiger partial charge in [-0.1, -0.05) is 18.2 Å². The van der Waals surface area contributed by atoms with Crippen molar-refractivity contribution < 1.29 is 23.9 Å². The van der Waals surface area contributed by atoms with Crippen LogP contribution in [0, 0.1) is 13.8 Å². The number of aromatic amines is 1. The number of carbonyl (C=O) groups is 3. The summed E-state index contributed by atoms with van der Waals surface area (Å²) in [7, 11) is 1.59. The van der Waals surface area contributed by atoms with Gasteiger partial charge in [0, 0.05) is 22.2 Å². The van der Waals surface area contributed by atoms with Gasteiger partial charge in [0.05, 0.1) is 29.6 Å². The minimum absolute atomic E-state index is 0.128. The molecule has 0 aliphatic carbocycles. The molecular formula is C27H24N2O5.